The molecule has 0 saturated carbocycles. The maximum absolute atomic E-state index is 2.43. The second kappa shape index (κ2) is 7.23. The highest BCUT2D eigenvalue weighted by atomic mass is 32.1. The Morgan fingerprint density at radius 3 is 2.07 bits per heavy atom. The van der Waals surface area contributed by atoms with Crippen LogP contribution in [0.1, 0.15) is 22.9 Å². The summed E-state index contributed by atoms with van der Waals surface area (Å²) in [6.07, 6.45) is 3.32. The van der Waals surface area contributed by atoms with Crippen LogP contribution in [0, 0.1) is 0 Å². The van der Waals surface area contributed by atoms with Gasteiger partial charge in [0.1, 0.15) is 0 Å². The maximum Gasteiger partial charge on any atom is 0.0352 e. The van der Waals surface area contributed by atoms with Crippen molar-refractivity contribution >= 4 is 64.4 Å². The van der Waals surface area contributed by atoms with Crippen LogP contribution in [0.2, 0.25) is 0 Å². The third-order valence-electron chi connectivity index (χ3n) is 6.23. The molecule has 0 saturated heterocycles. The Hall–Kier alpha value is -2.68. The van der Waals surface area contributed by atoms with Crippen molar-refractivity contribution in [1.82, 2.24) is 0 Å². The van der Waals surface area contributed by atoms with Crippen molar-refractivity contribution in [2.75, 3.05) is 0 Å². The lowest BCUT2D eigenvalue weighted by Gasteiger charge is -2.05. The van der Waals surface area contributed by atoms with Gasteiger partial charge in [0, 0.05) is 25.0 Å². The number of rotatable bonds is 4. The predicted molar refractivity (Wildman–Crippen MR) is 135 cm³/mol. The first-order valence-electron chi connectivity index (χ1n) is 10.6. The molecule has 0 bridgehead atoms. The van der Waals surface area contributed by atoms with Crippen LogP contribution in [0.5, 0.6) is 0 Å². The molecule has 0 spiro atoms. The van der Waals surface area contributed by atoms with Gasteiger partial charge in [-0.25, -0.2) is 0 Å². The Labute approximate surface area is 184 Å². The summed E-state index contributed by atoms with van der Waals surface area (Å²) in [6.45, 7) is 2.21. The van der Waals surface area contributed by atoms with Gasteiger partial charge < -0.3 is 0 Å². The fourth-order valence-electron chi connectivity index (χ4n) is 4.50. The van der Waals surface area contributed by atoms with Gasteiger partial charge in [0.2, 0.25) is 0 Å². The van der Waals surface area contributed by atoms with E-state index in [1.807, 2.05) is 22.7 Å². The Balaban J connectivity index is 1.40. The van der Waals surface area contributed by atoms with E-state index in [-0.39, 0.29) is 0 Å². The van der Waals surface area contributed by atoms with Crippen molar-refractivity contribution < 1.29 is 0 Å². The minimum absolute atomic E-state index is 1.10. The summed E-state index contributed by atoms with van der Waals surface area (Å²) >= 11 is 3.77. The summed E-state index contributed by atoms with van der Waals surface area (Å²) in [6, 6.07) is 27.7. The van der Waals surface area contributed by atoms with E-state index < -0.39 is 0 Å². The molecule has 2 heteroatoms. The molecule has 4 aromatic carbocycles. The molecule has 30 heavy (non-hydrogen) atoms. The predicted octanol–water partition coefficient (Wildman–Crippen LogP) is 8.77. The standard InChI is InChI=1S/C28H22S2/c1-2-18-3-5-19(6-4-18)7-10-22-17-26-25-16-20-8-11-27-23(13-14-29-27)24(20)15-21(25)9-12-28(26)30-22/h3-6,8-9,11-17H,2,7,10H2,1H3. The van der Waals surface area contributed by atoms with Crippen LogP contribution in [-0.2, 0) is 19.3 Å². The molecule has 2 heterocycles. The molecule has 6 aromatic rings. The summed E-state index contributed by atoms with van der Waals surface area (Å²) < 4.78 is 2.77. The van der Waals surface area contributed by atoms with Crippen LogP contribution in [0.3, 0.4) is 0 Å². The molecule has 0 atom stereocenters. The highest BCUT2D eigenvalue weighted by molar-refractivity contribution is 7.19. The van der Waals surface area contributed by atoms with Crippen LogP contribution in [0.25, 0.3) is 41.7 Å². The van der Waals surface area contributed by atoms with E-state index in [2.05, 4.69) is 85.1 Å². The Bertz CT molecular complexity index is 1510. The summed E-state index contributed by atoms with van der Waals surface area (Å²) in [4.78, 5) is 1.48. The summed E-state index contributed by atoms with van der Waals surface area (Å²) in [5.41, 5.74) is 2.85. The number of benzene rings is 4. The van der Waals surface area contributed by atoms with Crippen molar-refractivity contribution in [3.63, 3.8) is 0 Å². The molecular formula is C28H22S2. The lowest BCUT2D eigenvalue weighted by Crippen LogP contribution is -1.89. The molecule has 0 amide bonds. The van der Waals surface area contributed by atoms with Crippen molar-refractivity contribution in [3.05, 3.63) is 94.2 Å². The quantitative estimate of drug-likeness (QED) is 0.249. The van der Waals surface area contributed by atoms with Crippen molar-refractivity contribution in [1.29, 1.82) is 0 Å². The SMILES string of the molecule is CCc1ccc(CCc2cc3c(ccc4cc5c(ccc6sccc65)cc43)s2)cc1. The molecule has 0 aliphatic heterocycles. The van der Waals surface area contributed by atoms with E-state index in [9.17, 15) is 0 Å². The van der Waals surface area contributed by atoms with Crippen LogP contribution >= 0.6 is 22.7 Å². The van der Waals surface area contributed by atoms with Crippen molar-refractivity contribution in [2.24, 2.45) is 0 Å². The molecule has 0 aliphatic rings. The second-order valence-electron chi connectivity index (χ2n) is 8.05. The molecule has 0 nitrogen and oxygen atoms in total. The maximum atomic E-state index is 2.43. The van der Waals surface area contributed by atoms with Crippen molar-refractivity contribution in [3.8, 4) is 0 Å². The lowest BCUT2D eigenvalue weighted by atomic mass is 9.99. The molecular weight excluding hydrogens is 400 g/mol. The van der Waals surface area contributed by atoms with Gasteiger partial charge in [-0.2, -0.15) is 0 Å². The first-order chi connectivity index (χ1) is 14.8. The minimum atomic E-state index is 1.10. The molecule has 0 fully saturated rings. The molecule has 0 N–H and O–H groups in total. The summed E-state index contributed by atoms with van der Waals surface area (Å²) in [7, 11) is 0. The van der Waals surface area contributed by atoms with Gasteiger partial charge in [-0.15, -0.1) is 22.7 Å². The van der Waals surface area contributed by atoms with Gasteiger partial charge in [-0.3, -0.25) is 0 Å². The van der Waals surface area contributed by atoms with E-state index in [0.29, 0.717) is 0 Å². The fraction of sp³-hybridized carbons (Fsp3) is 0.143. The number of aryl methyl sites for hydroxylation is 3. The highest BCUT2D eigenvalue weighted by Crippen LogP contribution is 2.37. The summed E-state index contributed by atoms with van der Waals surface area (Å²) in [5.74, 6) is 0. The Kier molecular flexibility index (Phi) is 4.36. The number of thiophene rings is 2. The van der Waals surface area contributed by atoms with E-state index in [4.69, 9.17) is 0 Å². The smallest absolute Gasteiger partial charge is 0.0352 e. The molecule has 0 unspecified atom stereocenters. The van der Waals surface area contributed by atoms with Gasteiger partial charge in [0.25, 0.3) is 0 Å². The third kappa shape index (κ3) is 3.03. The van der Waals surface area contributed by atoms with Gasteiger partial charge >= 0.3 is 0 Å². The first-order valence-corrected chi connectivity index (χ1v) is 12.3. The van der Waals surface area contributed by atoms with Crippen LogP contribution in [0.4, 0.5) is 0 Å². The van der Waals surface area contributed by atoms with E-state index in [1.165, 1.54) is 57.7 Å². The first kappa shape index (κ1) is 18.1. The molecule has 146 valence electrons. The molecule has 2 aromatic heterocycles. The largest absolute Gasteiger partial charge is 0.144 e. The van der Waals surface area contributed by atoms with Crippen LogP contribution in [0.15, 0.2) is 78.2 Å². The zero-order chi connectivity index (χ0) is 20.1. The average Bonchev–Trinajstić information content (AvgIpc) is 3.43. The Morgan fingerprint density at radius 2 is 1.30 bits per heavy atom. The van der Waals surface area contributed by atoms with E-state index >= 15 is 0 Å². The lowest BCUT2D eigenvalue weighted by molar-refractivity contribution is 0.977. The zero-order valence-corrected chi connectivity index (χ0v) is 18.6. The van der Waals surface area contributed by atoms with Gasteiger partial charge in [-0.1, -0.05) is 43.3 Å². The number of hydrogen-bond donors (Lipinski definition) is 0. The highest BCUT2D eigenvalue weighted by Gasteiger charge is 2.09. The topological polar surface area (TPSA) is 0 Å². The summed E-state index contributed by atoms with van der Waals surface area (Å²) in [5, 5.41) is 10.4. The number of hydrogen-bond acceptors (Lipinski definition) is 2. The monoisotopic (exact) mass is 422 g/mol. The van der Waals surface area contributed by atoms with Gasteiger partial charge in [0.15, 0.2) is 0 Å². The second-order valence-corrected chi connectivity index (χ2v) is 10.2. The molecule has 0 aliphatic carbocycles. The van der Waals surface area contributed by atoms with E-state index in [1.54, 1.807) is 0 Å². The van der Waals surface area contributed by atoms with Gasteiger partial charge in [0.05, 0.1) is 0 Å². The normalized spacial score (nSPS) is 11.9. The fourth-order valence-corrected chi connectivity index (χ4v) is 6.38. The number of fused-ring (bicyclic) bond motifs is 6. The van der Waals surface area contributed by atoms with Crippen LogP contribution < -0.4 is 0 Å². The molecule has 6 rings (SSSR count). The van der Waals surface area contributed by atoms with Gasteiger partial charge in [-0.05, 0) is 93.7 Å². The Morgan fingerprint density at radius 1 is 0.600 bits per heavy atom. The molecule has 0 radical (unpaired) electrons. The third-order valence-corrected chi connectivity index (χ3v) is 8.27. The zero-order valence-electron chi connectivity index (χ0n) is 16.9. The minimum Gasteiger partial charge on any atom is -0.144 e. The van der Waals surface area contributed by atoms with Crippen LogP contribution in [-0.4, -0.2) is 0 Å². The average molecular weight is 423 g/mol. The van der Waals surface area contributed by atoms with Crippen molar-refractivity contribution in [2.45, 2.75) is 26.2 Å². The van der Waals surface area contributed by atoms with E-state index in [0.717, 1.165) is 19.3 Å².